The number of hydrogen-bond acceptors (Lipinski definition) is 1. The van der Waals surface area contributed by atoms with E-state index in [9.17, 15) is 0 Å². The Bertz CT molecular complexity index is 989. The highest BCUT2D eigenvalue weighted by Crippen LogP contribution is 2.33. The molecule has 1 heteroatoms. The summed E-state index contributed by atoms with van der Waals surface area (Å²) >= 11 is 0. The predicted molar refractivity (Wildman–Crippen MR) is 119 cm³/mol. The fourth-order valence-electron chi connectivity index (χ4n) is 5.11. The molecule has 0 spiro atoms. The molecule has 0 saturated heterocycles. The second-order valence-corrected chi connectivity index (χ2v) is 8.52. The fourth-order valence-corrected chi connectivity index (χ4v) is 5.11. The molecule has 2 aliphatic rings. The lowest BCUT2D eigenvalue weighted by Crippen LogP contribution is -2.05. The van der Waals surface area contributed by atoms with Crippen molar-refractivity contribution in [3.8, 4) is 0 Å². The molecule has 0 amide bonds. The minimum atomic E-state index is 0.774. The molecular weight excluding hydrogens is 338 g/mol. The van der Waals surface area contributed by atoms with Crippen LogP contribution < -0.4 is 0 Å². The van der Waals surface area contributed by atoms with E-state index >= 15 is 0 Å². The number of benzene rings is 2. The molecule has 142 valence electrons. The summed E-state index contributed by atoms with van der Waals surface area (Å²) in [6.45, 7) is 0. The molecular formula is C27H29N. The molecule has 0 atom stereocenters. The maximum atomic E-state index is 4.92. The summed E-state index contributed by atoms with van der Waals surface area (Å²) in [5.74, 6) is 0.774. The third kappa shape index (κ3) is 3.51. The van der Waals surface area contributed by atoms with Gasteiger partial charge in [0.25, 0.3) is 0 Å². The number of pyridine rings is 1. The van der Waals surface area contributed by atoms with E-state index in [-0.39, 0.29) is 0 Å². The van der Waals surface area contributed by atoms with Crippen LogP contribution in [0.3, 0.4) is 0 Å². The highest BCUT2D eigenvalue weighted by molar-refractivity contribution is 5.85. The van der Waals surface area contributed by atoms with Crippen LogP contribution in [0.5, 0.6) is 0 Å². The van der Waals surface area contributed by atoms with Crippen molar-refractivity contribution >= 4 is 17.0 Å². The quantitative estimate of drug-likeness (QED) is 0.445. The predicted octanol–water partition coefficient (Wildman–Crippen LogP) is 7.22. The van der Waals surface area contributed by atoms with Crippen LogP contribution in [0.1, 0.15) is 78.8 Å². The van der Waals surface area contributed by atoms with E-state index in [1.807, 2.05) is 0 Å². The Hall–Kier alpha value is -2.41. The molecule has 2 aromatic carbocycles. The van der Waals surface area contributed by atoms with Crippen LogP contribution in [-0.4, -0.2) is 4.98 Å². The third-order valence-corrected chi connectivity index (χ3v) is 6.67. The SMILES string of the molecule is C1=Cc2nc3ccccc3c(Cc3ccc(C4CCCCCC4)cc3)c2CC1. The average Bonchev–Trinajstić information content (AvgIpc) is 3.04. The highest BCUT2D eigenvalue weighted by atomic mass is 14.7. The maximum absolute atomic E-state index is 4.92. The van der Waals surface area contributed by atoms with Gasteiger partial charge in [0.15, 0.2) is 0 Å². The van der Waals surface area contributed by atoms with Crippen LogP contribution >= 0.6 is 0 Å². The van der Waals surface area contributed by atoms with Gasteiger partial charge in [0.2, 0.25) is 0 Å². The molecule has 1 heterocycles. The maximum Gasteiger partial charge on any atom is 0.0712 e. The topological polar surface area (TPSA) is 12.9 Å². The molecule has 0 N–H and O–H groups in total. The van der Waals surface area contributed by atoms with Gasteiger partial charge < -0.3 is 0 Å². The van der Waals surface area contributed by atoms with Crippen molar-refractivity contribution in [1.82, 2.24) is 4.98 Å². The van der Waals surface area contributed by atoms with Crippen molar-refractivity contribution < 1.29 is 0 Å². The molecule has 1 fully saturated rings. The summed E-state index contributed by atoms with van der Waals surface area (Å²) in [5, 5.41) is 1.32. The van der Waals surface area contributed by atoms with E-state index in [0.717, 1.165) is 30.7 Å². The second-order valence-electron chi connectivity index (χ2n) is 8.52. The minimum Gasteiger partial charge on any atom is -0.248 e. The van der Waals surface area contributed by atoms with Crippen LogP contribution in [0.4, 0.5) is 0 Å². The average molecular weight is 368 g/mol. The molecule has 5 rings (SSSR count). The number of para-hydroxylation sites is 1. The van der Waals surface area contributed by atoms with Crippen molar-refractivity contribution in [1.29, 1.82) is 0 Å². The summed E-state index contributed by atoms with van der Waals surface area (Å²) in [6, 6.07) is 18.2. The summed E-state index contributed by atoms with van der Waals surface area (Å²) < 4.78 is 0. The van der Waals surface area contributed by atoms with Gasteiger partial charge in [-0.05, 0) is 72.4 Å². The number of rotatable bonds is 3. The van der Waals surface area contributed by atoms with Gasteiger partial charge in [-0.3, -0.25) is 0 Å². The van der Waals surface area contributed by atoms with Gasteiger partial charge in [-0.25, -0.2) is 4.98 Å². The number of nitrogens with zero attached hydrogens (tertiary/aromatic N) is 1. The van der Waals surface area contributed by atoms with E-state index in [1.54, 1.807) is 5.56 Å². The van der Waals surface area contributed by atoms with Gasteiger partial charge in [0.1, 0.15) is 0 Å². The first kappa shape index (κ1) is 17.7. The van der Waals surface area contributed by atoms with Gasteiger partial charge in [0, 0.05) is 5.39 Å². The van der Waals surface area contributed by atoms with E-state index in [0.29, 0.717) is 0 Å². The molecule has 28 heavy (non-hydrogen) atoms. The lowest BCUT2D eigenvalue weighted by atomic mass is 9.88. The molecule has 1 nitrogen and oxygen atoms in total. The van der Waals surface area contributed by atoms with Gasteiger partial charge in [-0.2, -0.15) is 0 Å². The lowest BCUT2D eigenvalue weighted by molar-refractivity contribution is 0.592. The van der Waals surface area contributed by atoms with E-state index in [2.05, 4.69) is 60.7 Å². The molecule has 0 bridgehead atoms. The first-order valence-corrected chi connectivity index (χ1v) is 11.0. The van der Waals surface area contributed by atoms with Gasteiger partial charge in [-0.15, -0.1) is 0 Å². The highest BCUT2D eigenvalue weighted by Gasteiger charge is 2.17. The second kappa shape index (κ2) is 7.91. The zero-order valence-corrected chi connectivity index (χ0v) is 16.7. The Morgan fingerprint density at radius 1 is 0.857 bits per heavy atom. The van der Waals surface area contributed by atoms with Gasteiger partial charge in [-0.1, -0.05) is 74.2 Å². The zero-order valence-electron chi connectivity index (χ0n) is 16.7. The summed E-state index contributed by atoms with van der Waals surface area (Å²) in [6.07, 6.45) is 16.1. The molecule has 2 aliphatic carbocycles. The van der Waals surface area contributed by atoms with Crippen molar-refractivity contribution in [2.75, 3.05) is 0 Å². The van der Waals surface area contributed by atoms with Crippen LogP contribution in [0.25, 0.3) is 17.0 Å². The van der Waals surface area contributed by atoms with E-state index in [4.69, 9.17) is 4.98 Å². The summed E-state index contributed by atoms with van der Waals surface area (Å²) in [7, 11) is 0. The zero-order chi connectivity index (χ0) is 18.8. The Morgan fingerprint density at radius 2 is 1.64 bits per heavy atom. The summed E-state index contributed by atoms with van der Waals surface area (Å²) in [5.41, 5.74) is 8.20. The molecule has 0 radical (unpaired) electrons. The number of fused-ring (bicyclic) bond motifs is 2. The van der Waals surface area contributed by atoms with Gasteiger partial charge in [0.05, 0.1) is 11.2 Å². The largest absolute Gasteiger partial charge is 0.248 e. The molecule has 1 saturated carbocycles. The van der Waals surface area contributed by atoms with Crippen molar-refractivity contribution in [3.63, 3.8) is 0 Å². The fraction of sp³-hybridized carbons (Fsp3) is 0.370. The smallest absolute Gasteiger partial charge is 0.0712 e. The Kier molecular flexibility index (Phi) is 4.99. The van der Waals surface area contributed by atoms with Crippen LogP contribution in [0.15, 0.2) is 54.6 Å². The van der Waals surface area contributed by atoms with Crippen LogP contribution in [-0.2, 0) is 12.8 Å². The van der Waals surface area contributed by atoms with E-state index in [1.165, 1.54) is 66.3 Å². The summed E-state index contributed by atoms with van der Waals surface area (Å²) in [4.78, 5) is 4.92. The van der Waals surface area contributed by atoms with Gasteiger partial charge >= 0.3 is 0 Å². The van der Waals surface area contributed by atoms with E-state index < -0.39 is 0 Å². The third-order valence-electron chi connectivity index (χ3n) is 6.67. The number of allylic oxidation sites excluding steroid dienone is 1. The molecule has 1 aromatic heterocycles. The minimum absolute atomic E-state index is 0.774. The number of hydrogen-bond donors (Lipinski definition) is 0. The lowest BCUT2D eigenvalue weighted by Gasteiger charge is -2.19. The number of aromatic nitrogens is 1. The monoisotopic (exact) mass is 367 g/mol. The van der Waals surface area contributed by atoms with Crippen molar-refractivity contribution in [3.05, 3.63) is 82.6 Å². The standard InChI is InChI=1S/C27H29N/c1-2-4-10-21(9-3-1)22-17-15-20(16-18-22)19-25-23-11-5-7-13-26(23)28-27-14-8-6-12-24(25)27/h5,7-8,11,13-18,21H,1-4,6,9-10,12,19H2. The van der Waals surface area contributed by atoms with Crippen molar-refractivity contribution in [2.45, 2.75) is 63.7 Å². The Labute approximate surface area is 168 Å². The molecule has 0 unspecified atom stereocenters. The normalized spacial score (nSPS) is 17.4. The molecule has 0 aliphatic heterocycles. The van der Waals surface area contributed by atoms with Crippen LogP contribution in [0, 0.1) is 0 Å². The first-order chi connectivity index (χ1) is 13.9. The Morgan fingerprint density at radius 3 is 2.46 bits per heavy atom. The first-order valence-electron chi connectivity index (χ1n) is 11.0. The van der Waals surface area contributed by atoms with Crippen LogP contribution in [0.2, 0.25) is 0 Å². The molecule has 3 aromatic rings. The Balaban J connectivity index is 1.47. The van der Waals surface area contributed by atoms with Crippen molar-refractivity contribution in [2.24, 2.45) is 0 Å².